The molecule has 0 N–H and O–H groups in total. The van der Waals surface area contributed by atoms with E-state index in [-0.39, 0.29) is 5.88 Å². The highest BCUT2D eigenvalue weighted by atomic mass is 19.4. The van der Waals surface area contributed by atoms with Crippen LogP contribution in [-0.4, -0.2) is 35.6 Å². The smallest absolute Gasteiger partial charge is 0.433 e. The van der Waals surface area contributed by atoms with E-state index in [2.05, 4.69) is 9.88 Å². The van der Waals surface area contributed by atoms with Gasteiger partial charge in [-0.15, -0.1) is 0 Å². The van der Waals surface area contributed by atoms with Crippen molar-refractivity contribution < 1.29 is 17.9 Å². The van der Waals surface area contributed by atoms with Crippen LogP contribution in [0, 0.1) is 5.92 Å². The molecular formula is C16H21F3N2O. The van der Waals surface area contributed by atoms with Crippen molar-refractivity contribution in [1.29, 1.82) is 0 Å². The highest BCUT2D eigenvalue weighted by molar-refractivity contribution is 5.17. The van der Waals surface area contributed by atoms with Crippen LogP contribution in [0.3, 0.4) is 0 Å². The summed E-state index contributed by atoms with van der Waals surface area (Å²) in [6, 6.07) is 4.56. The Labute approximate surface area is 128 Å². The van der Waals surface area contributed by atoms with Crippen LogP contribution in [0.15, 0.2) is 18.2 Å². The Hall–Kier alpha value is -1.30. The number of ether oxygens (including phenoxy) is 1. The summed E-state index contributed by atoms with van der Waals surface area (Å²) in [5.41, 5.74) is -0.898. The van der Waals surface area contributed by atoms with Crippen molar-refractivity contribution in [2.24, 2.45) is 5.92 Å². The minimum Gasteiger partial charge on any atom is -0.477 e. The van der Waals surface area contributed by atoms with E-state index in [1.165, 1.54) is 31.4 Å². The molecule has 1 saturated heterocycles. The van der Waals surface area contributed by atoms with Crippen LogP contribution in [0.2, 0.25) is 0 Å². The van der Waals surface area contributed by atoms with E-state index in [9.17, 15) is 13.2 Å². The summed E-state index contributed by atoms with van der Waals surface area (Å²) in [5, 5.41) is 0. The number of nitrogens with zero attached hydrogens (tertiary/aromatic N) is 2. The minimum atomic E-state index is -4.42. The fraction of sp³-hybridized carbons (Fsp3) is 0.688. The molecule has 0 spiro atoms. The predicted molar refractivity (Wildman–Crippen MR) is 76.7 cm³/mol. The van der Waals surface area contributed by atoms with E-state index in [1.54, 1.807) is 0 Å². The topological polar surface area (TPSA) is 25.4 Å². The quantitative estimate of drug-likeness (QED) is 0.846. The van der Waals surface area contributed by atoms with Gasteiger partial charge in [-0.3, -0.25) is 0 Å². The normalized spacial score (nSPS) is 21.6. The van der Waals surface area contributed by atoms with Crippen LogP contribution in [0.25, 0.3) is 0 Å². The predicted octanol–water partition coefficient (Wildman–Crippen LogP) is 3.74. The number of piperidine rings is 1. The van der Waals surface area contributed by atoms with E-state index in [4.69, 9.17) is 4.74 Å². The molecule has 3 nitrogen and oxygen atoms in total. The van der Waals surface area contributed by atoms with Crippen molar-refractivity contribution in [3.05, 3.63) is 23.9 Å². The van der Waals surface area contributed by atoms with Crippen LogP contribution >= 0.6 is 0 Å². The van der Waals surface area contributed by atoms with Gasteiger partial charge in [-0.25, -0.2) is 4.98 Å². The van der Waals surface area contributed by atoms with Gasteiger partial charge in [-0.2, -0.15) is 13.2 Å². The minimum absolute atomic E-state index is 0.0660. The first kappa shape index (κ1) is 15.6. The number of hydrogen-bond acceptors (Lipinski definition) is 3. The molecule has 2 heterocycles. The van der Waals surface area contributed by atoms with Gasteiger partial charge in [0.2, 0.25) is 5.88 Å². The van der Waals surface area contributed by atoms with Gasteiger partial charge in [-0.05, 0) is 50.8 Å². The summed E-state index contributed by atoms with van der Waals surface area (Å²) < 4.78 is 43.3. The second kappa shape index (κ2) is 6.44. The summed E-state index contributed by atoms with van der Waals surface area (Å²) in [6.45, 7) is 2.61. The maximum Gasteiger partial charge on any atom is 0.433 e. The zero-order chi connectivity index (χ0) is 15.6. The Bertz CT molecular complexity index is 494. The third kappa shape index (κ3) is 3.72. The summed E-state index contributed by atoms with van der Waals surface area (Å²) in [7, 11) is 0. The molecule has 0 radical (unpaired) electrons. The lowest BCUT2D eigenvalue weighted by atomic mass is 9.88. The van der Waals surface area contributed by atoms with Gasteiger partial charge in [0.25, 0.3) is 0 Å². The second-order valence-electron chi connectivity index (χ2n) is 6.23. The van der Waals surface area contributed by atoms with Crippen LogP contribution in [-0.2, 0) is 6.18 Å². The number of likely N-dealkylation sites (tertiary alicyclic amines) is 1. The Morgan fingerprint density at radius 1 is 1.14 bits per heavy atom. The molecule has 22 heavy (non-hydrogen) atoms. The number of hydrogen-bond donors (Lipinski definition) is 0. The van der Waals surface area contributed by atoms with Crippen LogP contribution < -0.4 is 4.74 Å². The average molecular weight is 314 g/mol. The first-order valence-electron chi connectivity index (χ1n) is 7.93. The molecule has 2 fully saturated rings. The standard InChI is InChI=1S/C16H21F3N2O/c17-16(18,19)14-5-2-6-15(20-14)22-11-12-7-9-21(10-8-12)13-3-1-4-13/h2,5-6,12-13H,1,3-4,7-11H2. The zero-order valence-electron chi connectivity index (χ0n) is 12.5. The van der Waals surface area contributed by atoms with Crippen molar-refractivity contribution >= 4 is 0 Å². The maximum atomic E-state index is 12.6. The van der Waals surface area contributed by atoms with Gasteiger partial charge in [0.1, 0.15) is 5.69 Å². The van der Waals surface area contributed by atoms with Gasteiger partial charge in [0.05, 0.1) is 6.61 Å². The van der Waals surface area contributed by atoms with E-state index >= 15 is 0 Å². The molecule has 0 aromatic carbocycles. The summed E-state index contributed by atoms with van der Waals surface area (Å²) in [4.78, 5) is 6.08. The Morgan fingerprint density at radius 2 is 1.86 bits per heavy atom. The molecule has 1 aromatic rings. The third-order valence-electron chi connectivity index (χ3n) is 4.72. The highest BCUT2D eigenvalue weighted by Gasteiger charge is 2.33. The summed E-state index contributed by atoms with van der Waals surface area (Å²) >= 11 is 0. The first-order chi connectivity index (χ1) is 10.5. The van der Waals surface area contributed by atoms with Crippen molar-refractivity contribution in [1.82, 2.24) is 9.88 Å². The number of pyridine rings is 1. The molecule has 1 aliphatic heterocycles. The summed E-state index contributed by atoms with van der Waals surface area (Å²) in [6.07, 6.45) is 1.65. The molecule has 1 aliphatic carbocycles. The molecule has 122 valence electrons. The Morgan fingerprint density at radius 3 is 2.45 bits per heavy atom. The fourth-order valence-electron chi connectivity index (χ4n) is 3.09. The molecule has 1 saturated carbocycles. The molecule has 0 bridgehead atoms. The van der Waals surface area contributed by atoms with Gasteiger partial charge in [-0.1, -0.05) is 12.5 Å². The maximum absolute atomic E-state index is 12.6. The van der Waals surface area contributed by atoms with Crippen molar-refractivity contribution in [3.8, 4) is 5.88 Å². The van der Waals surface area contributed by atoms with Gasteiger partial charge < -0.3 is 9.64 Å². The molecule has 2 aliphatic rings. The zero-order valence-corrected chi connectivity index (χ0v) is 12.5. The Balaban J connectivity index is 1.47. The second-order valence-corrected chi connectivity index (χ2v) is 6.23. The lowest BCUT2D eigenvalue weighted by molar-refractivity contribution is -0.141. The number of rotatable bonds is 4. The van der Waals surface area contributed by atoms with Gasteiger partial charge >= 0.3 is 6.18 Å². The largest absolute Gasteiger partial charge is 0.477 e. The van der Waals surface area contributed by atoms with Crippen molar-refractivity contribution in [2.45, 2.75) is 44.3 Å². The highest BCUT2D eigenvalue weighted by Crippen LogP contribution is 2.30. The average Bonchev–Trinajstić information content (AvgIpc) is 2.44. The summed E-state index contributed by atoms with van der Waals surface area (Å²) in [5.74, 6) is 0.476. The molecule has 3 rings (SSSR count). The molecule has 0 atom stereocenters. The van der Waals surface area contributed by atoms with E-state index in [0.29, 0.717) is 12.5 Å². The number of alkyl halides is 3. The van der Waals surface area contributed by atoms with Crippen molar-refractivity contribution in [2.75, 3.05) is 19.7 Å². The molecule has 0 amide bonds. The van der Waals surface area contributed by atoms with E-state index in [1.807, 2.05) is 0 Å². The van der Waals surface area contributed by atoms with E-state index in [0.717, 1.165) is 38.0 Å². The lowest BCUT2D eigenvalue weighted by Crippen LogP contribution is -2.45. The Kier molecular flexibility index (Phi) is 4.57. The van der Waals surface area contributed by atoms with Crippen LogP contribution in [0.1, 0.15) is 37.8 Å². The van der Waals surface area contributed by atoms with Crippen LogP contribution in [0.5, 0.6) is 5.88 Å². The van der Waals surface area contributed by atoms with E-state index < -0.39 is 11.9 Å². The fourth-order valence-corrected chi connectivity index (χ4v) is 3.09. The first-order valence-corrected chi connectivity index (χ1v) is 7.93. The van der Waals surface area contributed by atoms with Crippen LogP contribution in [0.4, 0.5) is 13.2 Å². The molecular weight excluding hydrogens is 293 g/mol. The van der Waals surface area contributed by atoms with Gasteiger partial charge in [0.15, 0.2) is 0 Å². The third-order valence-corrected chi connectivity index (χ3v) is 4.72. The number of aromatic nitrogens is 1. The molecule has 0 unspecified atom stereocenters. The molecule has 1 aromatic heterocycles. The number of halogens is 3. The monoisotopic (exact) mass is 314 g/mol. The van der Waals surface area contributed by atoms with Gasteiger partial charge in [0, 0.05) is 12.1 Å². The SMILES string of the molecule is FC(F)(F)c1cccc(OCC2CCN(C3CCC3)CC2)n1. The molecule has 6 heteroatoms. The lowest BCUT2D eigenvalue weighted by Gasteiger charge is -2.41. The van der Waals surface area contributed by atoms with Crippen molar-refractivity contribution in [3.63, 3.8) is 0 Å².